The van der Waals surface area contributed by atoms with Crippen molar-refractivity contribution in [2.75, 3.05) is 6.61 Å². The lowest BCUT2D eigenvalue weighted by atomic mass is 10.2. The molecule has 0 aromatic heterocycles. The molecule has 0 amide bonds. The molecule has 0 bridgehead atoms. The number of nitrogens with one attached hydrogen (secondary N) is 1. The van der Waals surface area contributed by atoms with Gasteiger partial charge in [-0.25, -0.2) is 5.53 Å². The largest absolute Gasteiger partial charge is 0.373 e. The SMILES string of the molecule is CC(C)O[C@@H]1C[C@H](N=N)O[C@@H]1COP(OC(C)(C)C)OC(C)(C)C. The van der Waals surface area contributed by atoms with Gasteiger partial charge in [0.2, 0.25) is 0 Å². The Hall–Kier alpha value is -0.170. The fourth-order valence-electron chi connectivity index (χ4n) is 2.07. The minimum atomic E-state index is -1.52. The monoisotopic (exact) mass is 364 g/mol. The Morgan fingerprint density at radius 1 is 1.12 bits per heavy atom. The third-order valence-electron chi connectivity index (χ3n) is 2.81. The van der Waals surface area contributed by atoms with Gasteiger partial charge in [0.15, 0.2) is 6.23 Å². The Bertz CT molecular complexity index is 379. The molecule has 1 N–H and O–H groups in total. The lowest BCUT2D eigenvalue weighted by Crippen LogP contribution is -2.31. The topological polar surface area (TPSA) is 82.4 Å². The van der Waals surface area contributed by atoms with E-state index < -0.39 is 14.8 Å². The fourth-order valence-corrected chi connectivity index (χ4v) is 3.38. The van der Waals surface area contributed by atoms with Crippen molar-refractivity contribution in [3.63, 3.8) is 0 Å². The van der Waals surface area contributed by atoms with Gasteiger partial charge in [0.1, 0.15) is 6.10 Å². The molecule has 0 aromatic carbocycles. The molecular weight excluding hydrogens is 331 g/mol. The lowest BCUT2D eigenvalue weighted by Gasteiger charge is -2.31. The van der Waals surface area contributed by atoms with Gasteiger partial charge in [-0.1, -0.05) is 0 Å². The van der Waals surface area contributed by atoms with Crippen LogP contribution in [-0.2, 0) is 23.0 Å². The normalized spacial score (nSPS) is 25.7. The highest BCUT2D eigenvalue weighted by Crippen LogP contribution is 2.47. The van der Waals surface area contributed by atoms with E-state index in [-0.39, 0.29) is 36.1 Å². The summed E-state index contributed by atoms with van der Waals surface area (Å²) in [5, 5.41) is 3.48. The van der Waals surface area contributed by atoms with Crippen LogP contribution in [0.2, 0.25) is 0 Å². The molecule has 1 aliphatic rings. The molecule has 8 heteroatoms. The van der Waals surface area contributed by atoms with E-state index >= 15 is 0 Å². The number of nitrogens with zero attached hydrogens (tertiary/aromatic N) is 1. The van der Waals surface area contributed by atoms with Gasteiger partial charge < -0.3 is 23.0 Å². The maximum absolute atomic E-state index is 7.17. The smallest absolute Gasteiger partial charge is 0.333 e. The maximum Gasteiger partial charge on any atom is 0.333 e. The second kappa shape index (κ2) is 8.97. The van der Waals surface area contributed by atoms with Crippen molar-refractivity contribution < 1.29 is 23.0 Å². The Morgan fingerprint density at radius 2 is 1.67 bits per heavy atom. The highest BCUT2D eigenvalue weighted by Gasteiger charge is 2.38. The molecular formula is C16H33N2O5P. The Kier molecular flexibility index (Phi) is 8.17. The summed E-state index contributed by atoms with van der Waals surface area (Å²) in [6.07, 6.45) is -0.272. The van der Waals surface area contributed by atoms with Crippen molar-refractivity contribution in [1.82, 2.24) is 0 Å². The molecule has 7 nitrogen and oxygen atoms in total. The Balaban J connectivity index is 2.66. The lowest BCUT2D eigenvalue weighted by molar-refractivity contribution is -0.0670. The zero-order valence-corrected chi connectivity index (χ0v) is 17.1. The summed E-state index contributed by atoms with van der Waals surface area (Å²) in [7, 11) is -1.52. The van der Waals surface area contributed by atoms with Crippen LogP contribution in [0, 0.1) is 5.53 Å². The second-order valence-corrected chi connectivity index (χ2v) is 9.21. The van der Waals surface area contributed by atoms with Gasteiger partial charge in [-0.3, -0.25) is 0 Å². The van der Waals surface area contributed by atoms with E-state index in [0.717, 1.165) is 0 Å². The minimum Gasteiger partial charge on any atom is -0.373 e. The van der Waals surface area contributed by atoms with Crippen molar-refractivity contribution in [3.05, 3.63) is 0 Å². The number of hydrogen-bond donors (Lipinski definition) is 1. The highest BCUT2D eigenvalue weighted by molar-refractivity contribution is 7.41. The molecule has 0 saturated carbocycles. The summed E-state index contributed by atoms with van der Waals surface area (Å²) >= 11 is 0. The van der Waals surface area contributed by atoms with Crippen LogP contribution >= 0.6 is 8.60 Å². The fraction of sp³-hybridized carbons (Fsp3) is 1.00. The number of ether oxygens (including phenoxy) is 2. The van der Waals surface area contributed by atoms with E-state index in [1.54, 1.807) is 0 Å². The summed E-state index contributed by atoms with van der Waals surface area (Å²) in [5.74, 6) is 0. The number of rotatable bonds is 8. The van der Waals surface area contributed by atoms with Crippen LogP contribution in [0.1, 0.15) is 61.8 Å². The zero-order chi connectivity index (χ0) is 18.5. The molecule has 1 rings (SSSR count). The van der Waals surface area contributed by atoms with Crippen LogP contribution in [0.15, 0.2) is 5.11 Å². The summed E-state index contributed by atoms with van der Waals surface area (Å²) in [4.78, 5) is 0. The number of hydrogen-bond acceptors (Lipinski definition) is 7. The predicted molar refractivity (Wildman–Crippen MR) is 93.0 cm³/mol. The molecule has 0 aromatic rings. The van der Waals surface area contributed by atoms with E-state index in [9.17, 15) is 0 Å². The summed E-state index contributed by atoms with van der Waals surface area (Å²) in [5.41, 5.74) is 6.42. The highest BCUT2D eigenvalue weighted by atomic mass is 31.2. The van der Waals surface area contributed by atoms with E-state index in [1.165, 1.54) is 0 Å². The summed E-state index contributed by atoms with van der Waals surface area (Å²) in [6.45, 7) is 16.0. The quantitative estimate of drug-likeness (QED) is 0.494. The molecule has 1 heterocycles. The van der Waals surface area contributed by atoms with E-state index in [0.29, 0.717) is 6.42 Å². The molecule has 24 heavy (non-hydrogen) atoms. The minimum absolute atomic E-state index is 0.0729. The van der Waals surface area contributed by atoms with Gasteiger partial charge in [0.25, 0.3) is 0 Å². The second-order valence-electron chi connectivity index (χ2n) is 8.14. The maximum atomic E-state index is 7.17. The van der Waals surface area contributed by atoms with Gasteiger partial charge in [-0.15, -0.1) is 0 Å². The molecule has 1 fully saturated rings. The molecule has 1 aliphatic heterocycles. The first-order valence-corrected chi connectivity index (χ1v) is 9.48. The molecule has 1 saturated heterocycles. The van der Waals surface area contributed by atoms with Crippen molar-refractivity contribution >= 4 is 8.60 Å². The molecule has 3 atom stereocenters. The molecule has 0 radical (unpaired) electrons. The first kappa shape index (κ1) is 21.9. The molecule has 0 unspecified atom stereocenters. The van der Waals surface area contributed by atoms with Gasteiger partial charge in [-0.05, 0) is 55.4 Å². The standard InChI is InChI=1S/C16H33N2O5P/c1-11(2)20-12-9-14(18-17)21-13(12)10-19-24(22-15(3,4)5)23-16(6,7)8/h11-14,17H,9-10H2,1-8H3/t12-,13-,14-/m1/s1. The van der Waals surface area contributed by atoms with E-state index in [1.807, 2.05) is 55.4 Å². The Morgan fingerprint density at radius 3 is 2.08 bits per heavy atom. The Labute approximate surface area is 147 Å². The first-order valence-electron chi connectivity index (χ1n) is 8.38. The van der Waals surface area contributed by atoms with Crippen LogP contribution in [0.5, 0.6) is 0 Å². The van der Waals surface area contributed by atoms with Gasteiger partial charge >= 0.3 is 8.60 Å². The summed E-state index contributed by atoms with van der Waals surface area (Å²) in [6, 6.07) is 0. The average Bonchev–Trinajstić information content (AvgIpc) is 2.74. The molecule has 0 spiro atoms. The predicted octanol–water partition coefficient (Wildman–Crippen LogP) is 4.80. The van der Waals surface area contributed by atoms with Crippen LogP contribution in [-0.4, -0.2) is 42.3 Å². The first-order chi connectivity index (χ1) is 10.9. The van der Waals surface area contributed by atoms with Gasteiger partial charge in [0, 0.05) is 6.42 Å². The van der Waals surface area contributed by atoms with Crippen LogP contribution in [0.25, 0.3) is 0 Å². The molecule has 0 aliphatic carbocycles. The summed E-state index contributed by atoms with van der Waals surface area (Å²) < 4.78 is 29.3. The van der Waals surface area contributed by atoms with E-state index in [2.05, 4.69) is 5.11 Å². The third-order valence-corrected chi connectivity index (χ3v) is 4.57. The van der Waals surface area contributed by atoms with E-state index in [4.69, 9.17) is 28.6 Å². The van der Waals surface area contributed by atoms with Gasteiger partial charge in [-0.2, -0.15) is 5.11 Å². The van der Waals surface area contributed by atoms with Crippen LogP contribution in [0.4, 0.5) is 0 Å². The van der Waals surface area contributed by atoms with Crippen LogP contribution in [0.3, 0.4) is 0 Å². The van der Waals surface area contributed by atoms with Crippen molar-refractivity contribution in [2.45, 2.75) is 97.6 Å². The van der Waals surface area contributed by atoms with Crippen molar-refractivity contribution in [1.29, 1.82) is 5.53 Å². The molecule has 142 valence electrons. The third kappa shape index (κ3) is 8.79. The average molecular weight is 364 g/mol. The van der Waals surface area contributed by atoms with Crippen molar-refractivity contribution in [2.24, 2.45) is 5.11 Å². The van der Waals surface area contributed by atoms with Crippen molar-refractivity contribution in [3.8, 4) is 0 Å². The zero-order valence-electron chi connectivity index (χ0n) is 16.2. The van der Waals surface area contributed by atoms with Gasteiger partial charge in [0.05, 0.1) is 30.0 Å². The van der Waals surface area contributed by atoms with Crippen LogP contribution < -0.4 is 0 Å².